The molecule has 5 nitrogen and oxygen atoms in total. The summed E-state index contributed by atoms with van der Waals surface area (Å²) < 4.78 is 11.3. The molecule has 1 N–H and O–H groups in total. The van der Waals surface area contributed by atoms with Crippen LogP contribution in [0.25, 0.3) is 0 Å². The van der Waals surface area contributed by atoms with E-state index in [1.54, 1.807) is 4.90 Å². The number of rotatable bonds is 2. The van der Waals surface area contributed by atoms with Crippen molar-refractivity contribution in [2.24, 2.45) is 0 Å². The first-order valence-electron chi connectivity index (χ1n) is 7.97. The number of carbonyl (C=O) groups excluding carboxylic acids is 1. The van der Waals surface area contributed by atoms with Gasteiger partial charge in [-0.05, 0) is 31.2 Å². The maximum absolute atomic E-state index is 12.3. The van der Waals surface area contributed by atoms with Crippen LogP contribution in [-0.2, 0) is 4.74 Å². The average Bonchev–Trinajstić information content (AvgIpc) is 3.06. The molecule has 1 aromatic heterocycles. The number of hydrogen-bond acceptors (Lipinski definition) is 3. The topological polar surface area (TPSA) is 54.7 Å². The van der Waals surface area contributed by atoms with E-state index in [0.717, 1.165) is 17.1 Å². The second-order valence-corrected chi connectivity index (χ2v) is 5.58. The maximum atomic E-state index is 12.3. The molecule has 124 valence electrons. The smallest absolute Gasteiger partial charge is 0.318 e. The summed E-state index contributed by atoms with van der Waals surface area (Å²) in [6, 6.07) is 13.4. The van der Waals surface area contributed by atoms with Gasteiger partial charge in [0.2, 0.25) is 0 Å². The van der Waals surface area contributed by atoms with E-state index in [1.807, 2.05) is 49.4 Å². The standard InChI is InChI=1S/C19H20N2O3/c1-15-9-10-17(24-15)18-14-21(12-13-23-18)19(22)20-11-5-8-16-6-3-2-4-7-16/h2-4,6-7,9-10,18H,11-14H2,1H3,(H,20,22)/t18-/m1/s1. The molecule has 0 unspecified atom stereocenters. The van der Waals surface area contributed by atoms with Crippen molar-refractivity contribution in [2.45, 2.75) is 13.0 Å². The number of morpholine rings is 1. The summed E-state index contributed by atoms with van der Waals surface area (Å²) >= 11 is 0. The molecule has 0 saturated carbocycles. The highest BCUT2D eigenvalue weighted by molar-refractivity contribution is 5.74. The summed E-state index contributed by atoms with van der Waals surface area (Å²) in [5.41, 5.74) is 0.936. The van der Waals surface area contributed by atoms with Gasteiger partial charge in [-0.15, -0.1) is 0 Å². The van der Waals surface area contributed by atoms with Crippen LogP contribution in [0.2, 0.25) is 0 Å². The number of nitrogens with one attached hydrogen (secondary N) is 1. The highest BCUT2D eigenvalue weighted by Gasteiger charge is 2.27. The van der Waals surface area contributed by atoms with Crippen LogP contribution in [0.4, 0.5) is 4.79 Å². The lowest BCUT2D eigenvalue weighted by molar-refractivity contribution is -0.0262. The van der Waals surface area contributed by atoms with E-state index in [2.05, 4.69) is 17.2 Å². The van der Waals surface area contributed by atoms with Gasteiger partial charge < -0.3 is 19.4 Å². The van der Waals surface area contributed by atoms with Gasteiger partial charge in [-0.25, -0.2) is 4.79 Å². The van der Waals surface area contributed by atoms with Crippen molar-refractivity contribution in [3.63, 3.8) is 0 Å². The molecule has 24 heavy (non-hydrogen) atoms. The predicted molar refractivity (Wildman–Crippen MR) is 90.4 cm³/mol. The lowest BCUT2D eigenvalue weighted by Crippen LogP contribution is -2.47. The Bertz CT molecular complexity index is 743. The molecule has 0 radical (unpaired) electrons. The van der Waals surface area contributed by atoms with Crippen LogP contribution in [0.3, 0.4) is 0 Å². The van der Waals surface area contributed by atoms with Crippen molar-refractivity contribution in [3.8, 4) is 11.8 Å². The first-order chi connectivity index (χ1) is 11.7. The monoisotopic (exact) mass is 324 g/mol. The number of ether oxygens (including phenoxy) is 1. The highest BCUT2D eigenvalue weighted by atomic mass is 16.5. The molecule has 0 aliphatic carbocycles. The summed E-state index contributed by atoms with van der Waals surface area (Å²) in [6.07, 6.45) is -0.214. The fourth-order valence-corrected chi connectivity index (χ4v) is 2.53. The third kappa shape index (κ3) is 4.18. The lowest BCUT2D eigenvalue weighted by atomic mass is 10.2. The fourth-order valence-electron chi connectivity index (χ4n) is 2.53. The van der Waals surface area contributed by atoms with Gasteiger partial charge in [0, 0.05) is 12.1 Å². The summed E-state index contributed by atoms with van der Waals surface area (Å²) in [5.74, 6) is 7.57. The molecule has 1 saturated heterocycles. The Morgan fingerprint density at radius 3 is 2.88 bits per heavy atom. The van der Waals surface area contributed by atoms with Gasteiger partial charge >= 0.3 is 6.03 Å². The van der Waals surface area contributed by atoms with Crippen LogP contribution < -0.4 is 5.32 Å². The minimum Gasteiger partial charge on any atom is -0.464 e. The van der Waals surface area contributed by atoms with Crippen molar-refractivity contribution >= 4 is 6.03 Å². The Kier molecular flexibility index (Phi) is 5.19. The zero-order valence-electron chi connectivity index (χ0n) is 13.6. The summed E-state index contributed by atoms with van der Waals surface area (Å²) in [4.78, 5) is 14.0. The number of urea groups is 1. The van der Waals surface area contributed by atoms with E-state index >= 15 is 0 Å². The molecule has 3 rings (SSSR count). The second kappa shape index (κ2) is 7.71. The summed E-state index contributed by atoms with van der Waals surface area (Å²) in [6.45, 7) is 3.74. The Balaban J connectivity index is 1.50. The first kappa shape index (κ1) is 16.2. The van der Waals surface area contributed by atoms with Gasteiger partial charge in [-0.2, -0.15) is 0 Å². The molecular formula is C19H20N2O3. The van der Waals surface area contributed by atoms with Gasteiger partial charge in [0.1, 0.15) is 17.6 Å². The van der Waals surface area contributed by atoms with Crippen molar-refractivity contribution in [2.75, 3.05) is 26.2 Å². The molecule has 1 fully saturated rings. The molecular weight excluding hydrogens is 304 g/mol. The maximum Gasteiger partial charge on any atom is 0.318 e. The molecule has 2 heterocycles. The molecule has 1 aliphatic heterocycles. The van der Waals surface area contributed by atoms with Crippen LogP contribution in [0.1, 0.15) is 23.2 Å². The number of nitrogens with zero attached hydrogens (tertiary/aromatic N) is 1. The number of benzene rings is 1. The Morgan fingerprint density at radius 1 is 1.29 bits per heavy atom. The van der Waals surface area contributed by atoms with Crippen LogP contribution in [0, 0.1) is 18.8 Å². The minimum atomic E-state index is -0.214. The summed E-state index contributed by atoms with van der Waals surface area (Å²) in [7, 11) is 0. The average molecular weight is 324 g/mol. The van der Waals surface area contributed by atoms with Gasteiger partial charge in [-0.3, -0.25) is 0 Å². The van der Waals surface area contributed by atoms with Gasteiger partial charge in [0.05, 0.1) is 19.7 Å². The third-order valence-electron chi connectivity index (χ3n) is 3.77. The molecule has 5 heteroatoms. The van der Waals surface area contributed by atoms with E-state index < -0.39 is 0 Å². The third-order valence-corrected chi connectivity index (χ3v) is 3.77. The number of carbonyl (C=O) groups is 1. The van der Waals surface area contributed by atoms with Crippen LogP contribution in [0.15, 0.2) is 46.9 Å². The van der Waals surface area contributed by atoms with Crippen molar-refractivity contribution < 1.29 is 13.9 Å². The number of furan rings is 1. The molecule has 1 atom stereocenters. The van der Waals surface area contributed by atoms with Crippen molar-refractivity contribution in [1.29, 1.82) is 0 Å². The zero-order chi connectivity index (χ0) is 16.8. The van der Waals surface area contributed by atoms with E-state index in [0.29, 0.717) is 26.2 Å². The highest BCUT2D eigenvalue weighted by Crippen LogP contribution is 2.23. The van der Waals surface area contributed by atoms with Crippen LogP contribution in [0.5, 0.6) is 0 Å². The molecule has 2 amide bonds. The normalized spacial score (nSPS) is 17.0. The van der Waals surface area contributed by atoms with Crippen molar-refractivity contribution in [3.05, 3.63) is 59.5 Å². The Morgan fingerprint density at radius 2 is 2.12 bits per heavy atom. The van der Waals surface area contributed by atoms with E-state index in [4.69, 9.17) is 9.15 Å². The Hall–Kier alpha value is -2.71. The second-order valence-electron chi connectivity index (χ2n) is 5.58. The number of hydrogen-bond donors (Lipinski definition) is 1. The van der Waals surface area contributed by atoms with Crippen molar-refractivity contribution in [1.82, 2.24) is 10.2 Å². The predicted octanol–water partition coefficient (Wildman–Crippen LogP) is 2.72. The first-order valence-corrected chi connectivity index (χ1v) is 7.97. The van der Waals surface area contributed by atoms with E-state index in [-0.39, 0.29) is 12.1 Å². The quantitative estimate of drug-likeness (QED) is 0.864. The van der Waals surface area contributed by atoms with Crippen LogP contribution >= 0.6 is 0 Å². The number of aryl methyl sites for hydroxylation is 1. The Labute approximate surface area is 141 Å². The molecule has 1 aromatic carbocycles. The van der Waals surface area contributed by atoms with Crippen LogP contribution in [-0.4, -0.2) is 37.2 Å². The molecule has 1 aliphatic rings. The van der Waals surface area contributed by atoms with Gasteiger partial charge in [-0.1, -0.05) is 30.0 Å². The minimum absolute atomic E-state index is 0.131. The number of amides is 2. The molecule has 0 bridgehead atoms. The van der Waals surface area contributed by atoms with E-state index in [1.165, 1.54) is 0 Å². The largest absolute Gasteiger partial charge is 0.464 e. The lowest BCUT2D eigenvalue weighted by Gasteiger charge is -2.31. The zero-order valence-corrected chi connectivity index (χ0v) is 13.6. The van der Waals surface area contributed by atoms with Gasteiger partial charge in [0.25, 0.3) is 0 Å². The SMILES string of the molecule is Cc1ccc([C@H]2CN(C(=O)NCC#Cc3ccccc3)CCO2)o1. The van der Waals surface area contributed by atoms with E-state index in [9.17, 15) is 4.79 Å². The summed E-state index contributed by atoms with van der Waals surface area (Å²) in [5, 5.41) is 2.83. The van der Waals surface area contributed by atoms with Gasteiger partial charge in [0.15, 0.2) is 0 Å². The fraction of sp³-hybridized carbons (Fsp3) is 0.316. The molecule has 2 aromatic rings. The molecule has 0 spiro atoms.